The number of nitrogens with zero attached hydrogens (tertiary/aromatic N) is 1. The second-order valence-corrected chi connectivity index (χ2v) is 8.88. The highest BCUT2D eigenvalue weighted by Crippen LogP contribution is 2.40. The molecule has 1 aromatic carbocycles. The Kier molecular flexibility index (Phi) is 5.47. The highest BCUT2D eigenvalue weighted by Gasteiger charge is 2.51. The molecule has 3 rings (SSSR count). The van der Waals surface area contributed by atoms with E-state index in [4.69, 9.17) is 10.5 Å². The van der Waals surface area contributed by atoms with Crippen molar-refractivity contribution in [2.75, 3.05) is 0 Å². The van der Waals surface area contributed by atoms with Crippen LogP contribution >= 0.6 is 0 Å². The minimum atomic E-state index is -1.04. The maximum Gasteiger partial charge on any atom is 0.408 e. The SMILES string of the molecule is CC(C)(C)OC(=O)NC1(C(N)=O)CC2CCCC(C1)N2Cc1ccccc1. The van der Waals surface area contributed by atoms with Crippen LogP contribution in [0, 0.1) is 0 Å². The van der Waals surface area contributed by atoms with Gasteiger partial charge in [-0.3, -0.25) is 9.69 Å². The van der Waals surface area contributed by atoms with Crippen LogP contribution in [0.25, 0.3) is 0 Å². The Labute approximate surface area is 161 Å². The van der Waals surface area contributed by atoms with E-state index in [-0.39, 0.29) is 12.1 Å². The summed E-state index contributed by atoms with van der Waals surface area (Å²) >= 11 is 0. The normalized spacial score (nSPS) is 28.4. The molecule has 0 saturated carbocycles. The third kappa shape index (κ3) is 4.61. The van der Waals surface area contributed by atoms with E-state index in [9.17, 15) is 9.59 Å². The van der Waals surface area contributed by atoms with Gasteiger partial charge in [-0.2, -0.15) is 0 Å². The lowest BCUT2D eigenvalue weighted by Crippen LogP contribution is -2.68. The van der Waals surface area contributed by atoms with Gasteiger partial charge in [0.2, 0.25) is 5.91 Å². The second-order valence-electron chi connectivity index (χ2n) is 8.88. The maximum absolute atomic E-state index is 12.4. The van der Waals surface area contributed by atoms with Crippen LogP contribution in [0.1, 0.15) is 58.4 Å². The molecular weight excluding hydrogens is 342 g/mol. The van der Waals surface area contributed by atoms with Gasteiger partial charge in [0.05, 0.1) is 0 Å². The van der Waals surface area contributed by atoms with Crippen molar-refractivity contribution in [2.45, 2.75) is 82.6 Å². The lowest BCUT2D eigenvalue weighted by molar-refractivity contribution is -0.130. The van der Waals surface area contributed by atoms with Gasteiger partial charge in [0, 0.05) is 18.6 Å². The highest BCUT2D eigenvalue weighted by molar-refractivity contribution is 5.89. The van der Waals surface area contributed by atoms with Crippen molar-refractivity contribution in [1.82, 2.24) is 10.2 Å². The van der Waals surface area contributed by atoms with Gasteiger partial charge in [-0.1, -0.05) is 36.8 Å². The Bertz CT molecular complexity index is 670. The summed E-state index contributed by atoms with van der Waals surface area (Å²) in [6, 6.07) is 10.8. The van der Waals surface area contributed by atoms with E-state index in [0.29, 0.717) is 12.8 Å². The van der Waals surface area contributed by atoms with Gasteiger partial charge in [0.1, 0.15) is 11.1 Å². The van der Waals surface area contributed by atoms with Crippen LogP contribution in [0.2, 0.25) is 0 Å². The molecule has 2 amide bonds. The monoisotopic (exact) mass is 373 g/mol. The van der Waals surface area contributed by atoms with Crippen LogP contribution < -0.4 is 11.1 Å². The molecule has 2 heterocycles. The lowest BCUT2D eigenvalue weighted by atomic mass is 9.73. The largest absolute Gasteiger partial charge is 0.444 e. The molecule has 3 N–H and O–H groups in total. The summed E-state index contributed by atoms with van der Waals surface area (Å²) in [5.74, 6) is -0.468. The zero-order valence-corrected chi connectivity index (χ0v) is 16.5. The summed E-state index contributed by atoms with van der Waals surface area (Å²) in [5.41, 5.74) is 5.40. The number of nitrogens with two attached hydrogens (primary N) is 1. The summed E-state index contributed by atoms with van der Waals surface area (Å²) < 4.78 is 5.39. The summed E-state index contributed by atoms with van der Waals surface area (Å²) in [6.45, 7) is 6.28. The van der Waals surface area contributed by atoms with Gasteiger partial charge in [-0.05, 0) is 52.0 Å². The molecule has 2 aliphatic heterocycles. The highest BCUT2D eigenvalue weighted by atomic mass is 16.6. The lowest BCUT2D eigenvalue weighted by Gasteiger charge is -2.52. The molecule has 0 spiro atoms. The fourth-order valence-corrected chi connectivity index (χ4v) is 4.46. The van der Waals surface area contributed by atoms with Crippen molar-refractivity contribution < 1.29 is 14.3 Å². The molecule has 6 nitrogen and oxygen atoms in total. The smallest absolute Gasteiger partial charge is 0.408 e. The maximum atomic E-state index is 12.4. The Morgan fingerprint density at radius 1 is 1.19 bits per heavy atom. The number of nitrogens with one attached hydrogen (secondary N) is 1. The average molecular weight is 373 g/mol. The van der Waals surface area contributed by atoms with Gasteiger partial charge in [-0.25, -0.2) is 4.79 Å². The number of carbonyl (C=O) groups is 2. The molecule has 148 valence electrons. The van der Waals surface area contributed by atoms with E-state index in [0.717, 1.165) is 25.8 Å². The van der Waals surface area contributed by atoms with Crippen LogP contribution in [0.3, 0.4) is 0 Å². The molecule has 1 aromatic rings. The molecule has 0 aliphatic carbocycles. The minimum Gasteiger partial charge on any atom is -0.444 e. The molecule has 2 saturated heterocycles. The first-order valence-corrected chi connectivity index (χ1v) is 9.79. The quantitative estimate of drug-likeness (QED) is 0.850. The number of hydrogen-bond donors (Lipinski definition) is 2. The number of piperidine rings is 2. The number of carbonyl (C=O) groups excluding carboxylic acids is 2. The molecule has 27 heavy (non-hydrogen) atoms. The topological polar surface area (TPSA) is 84.7 Å². The van der Waals surface area contributed by atoms with Crippen molar-refractivity contribution >= 4 is 12.0 Å². The molecule has 0 radical (unpaired) electrons. The molecule has 2 fully saturated rings. The first-order valence-electron chi connectivity index (χ1n) is 9.79. The molecule has 6 heteroatoms. The molecule has 2 aliphatic rings. The number of ether oxygens (including phenoxy) is 1. The Morgan fingerprint density at radius 3 is 2.30 bits per heavy atom. The van der Waals surface area contributed by atoms with Crippen LogP contribution in [0.15, 0.2) is 30.3 Å². The fraction of sp³-hybridized carbons (Fsp3) is 0.619. The van der Waals surface area contributed by atoms with E-state index >= 15 is 0 Å². The summed E-state index contributed by atoms with van der Waals surface area (Å²) in [5, 5.41) is 2.84. The van der Waals surface area contributed by atoms with E-state index in [1.807, 2.05) is 18.2 Å². The number of hydrogen-bond acceptors (Lipinski definition) is 4. The van der Waals surface area contributed by atoms with Gasteiger partial charge in [-0.15, -0.1) is 0 Å². The Hall–Kier alpha value is -2.08. The third-order valence-corrected chi connectivity index (χ3v) is 5.60. The van der Waals surface area contributed by atoms with Crippen molar-refractivity contribution in [1.29, 1.82) is 0 Å². The number of primary amides is 1. The number of rotatable bonds is 4. The third-order valence-electron chi connectivity index (χ3n) is 5.60. The van der Waals surface area contributed by atoms with E-state index < -0.39 is 23.1 Å². The number of benzene rings is 1. The van der Waals surface area contributed by atoms with Gasteiger partial charge < -0.3 is 15.8 Å². The van der Waals surface area contributed by atoms with Crippen molar-refractivity contribution in [3.63, 3.8) is 0 Å². The molecular formula is C21H31N3O3. The second kappa shape index (κ2) is 7.50. The van der Waals surface area contributed by atoms with Crippen LogP contribution in [-0.4, -0.2) is 40.1 Å². The van der Waals surface area contributed by atoms with Gasteiger partial charge in [0.15, 0.2) is 0 Å². The first kappa shape index (κ1) is 19.7. The van der Waals surface area contributed by atoms with Crippen molar-refractivity contribution in [2.24, 2.45) is 5.73 Å². The van der Waals surface area contributed by atoms with Crippen LogP contribution in [-0.2, 0) is 16.1 Å². The predicted molar refractivity (Wildman–Crippen MR) is 104 cm³/mol. The van der Waals surface area contributed by atoms with E-state index in [1.54, 1.807) is 20.8 Å². The zero-order chi connectivity index (χ0) is 19.7. The van der Waals surface area contributed by atoms with Crippen molar-refractivity contribution in [3.8, 4) is 0 Å². The average Bonchev–Trinajstić information content (AvgIpc) is 2.54. The standard InChI is InChI=1S/C21H31N3O3/c1-20(2,3)27-19(26)23-21(18(22)25)12-16-10-7-11-17(13-21)24(16)14-15-8-5-4-6-9-15/h4-6,8-9,16-17H,7,10-14H2,1-3H3,(H2,22,25)(H,23,26). The van der Waals surface area contributed by atoms with Gasteiger partial charge >= 0.3 is 6.09 Å². The predicted octanol–water partition coefficient (Wildman–Crippen LogP) is 2.95. The molecule has 2 bridgehead atoms. The van der Waals surface area contributed by atoms with Crippen LogP contribution in [0.5, 0.6) is 0 Å². The van der Waals surface area contributed by atoms with Gasteiger partial charge in [0.25, 0.3) is 0 Å². The fourth-order valence-electron chi connectivity index (χ4n) is 4.46. The Morgan fingerprint density at radius 2 is 1.78 bits per heavy atom. The molecule has 0 aromatic heterocycles. The summed E-state index contributed by atoms with van der Waals surface area (Å²) in [6.07, 6.45) is 3.65. The Balaban J connectivity index is 1.77. The van der Waals surface area contributed by atoms with Crippen molar-refractivity contribution in [3.05, 3.63) is 35.9 Å². The summed E-state index contributed by atoms with van der Waals surface area (Å²) in [7, 11) is 0. The zero-order valence-electron chi connectivity index (χ0n) is 16.5. The number of alkyl carbamates (subject to hydrolysis) is 1. The van der Waals surface area contributed by atoms with Crippen LogP contribution in [0.4, 0.5) is 4.79 Å². The number of amides is 2. The number of fused-ring (bicyclic) bond motifs is 2. The van der Waals surface area contributed by atoms with E-state index in [2.05, 4.69) is 22.3 Å². The van der Waals surface area contributed by atoms with E-state index in [1.165, 1.54) is 5.56 Å². The molecule has 2 unspecified atom stereocenters. The minimum absolute atomic E-state index is 0.222. The molecule has 2 atom stereocenters. The first-order chi connectivity index (χ1) is 12.7. The summed E-state index contributed by atoms with van der Waals surface area (Å²) in [4.78, 5) is 27.3.